The smallest absolute Gasteiger partial charge is 0.311 e. The fourth-order valence-corrected chi connectivity index (χ4v) is 1.99. The van der Waals surface area contributed by atoms with Crippen molar-refractivity contribution in [2.45, 2.75) is 39.2 Å². The van der Waals surface area contributed by atoms with Gasteiger partial charge in [0.15, 0.2) is 0 Å². The molecule has 1 heterocycles. The van der Waals surface area contributed by atoms with E-state index in [1.807, 2.05) is 6.92 Å². The number of hydrogen-bond acceptors (Lipinski definition) is 3. The molecule has 1 unspecified atom stereocenters. The van der Waals surface area contributed by atoms with E-state index in [4.69, 9.17) is 10.8 Å². The number of aliphatic carboxylic acids is 1. The Morgan fingerprint density at radius 3 is 2.62 bits per heavy atom. The second-order valence-corrected chi connectivity index (χ2v) is 4.77. The average molecular weight is 228 g/mol. The molecule has 5 nitrogen and oxygen atoms in total. The van der Waals surface area contributed by atoms with Gasteiger partial charge in [0.05, 0.1) is 11.5 Å². The van der Waals surface area contributed by atoms with Crippen LogP contribution in [-0.4, -0.2) is 41.0 Å². The maximum absolute atomic E-state index is 11.9. The standard InChI is InChI=1S/C11H20N2O3/c1-3-4-8(12)9(14)13-6-5-11(2,7-13)10(15)16/h8H,3-7,12H2,1-2H3,(H,15,16)/t8-,11?/m1/s1. The lowest BCUT2D eigenvalue weighted by molar-refractivity contribution is -0.147. The summed E-state index contributed by atoms with van der Waals surface area (Å²) in [4.78, 5) is 24.4. The molecule has 16 heavy (non-hydrogen) atoms. The van der Waals surface area contributed by atoms with Gasteiger partial charge in [-0.15, -0.1) is 0 Å². The molecule has 3 N–H and O–H groups in total. The van der Waals surface area contributed by atoms with Crippen molar-refractivity contribution in [2.75, 3.05) is 13.1 Å². The van der Waals surface area contributed by atoms with Gasteiger partial charge in [0.25, 0.3) is 0 Å². The molecule has 0 saturated carbocycles. The van der Waals surface area contributed by atoms with E-state index in [0.717, 1.165) is 6.42 Å². The summed E-state index contributed by atoms with van der Waals surface area (Å²) >= 11 is 0. The molecule has 0 spiro atoms. The molecule has 1 aliphatic rings. The number of rotatable bonds is 4. The number of carboxylic acid groups (broad SMARTS) is 1. The number of likely N-dealkylation sites (tertiary alicyclic amines) is 1. The van der Waals surface area contributed by atoms with Crippen molar-refractivity contribution in [1.82, 2.24) is 4.90 Å². The third-order valence-corrected chi connectivity index (χ3v) is 3.22. The summed E-state index contributed by atoms with van der Waals surface area (Å²) in [6, 6.07) is -0.485. The molecule has 1 fully saturated rings. The highest BCUT2D eigenvalue weighted by molar-refractivity contribution is 5.84. The van der Waals surface area contributed by atoms with Gasteiger partial charge in [-0.2, -0.15) is 0 Å². The molecule has 0 aliphatic carbocycles. The first-order chi connectivity index (χ1) is 7.40. The van der Waals surface area contributed by atoms with Crippen LogP contribution in [0.3, 0.4) is 0 Å². The average Bonchev–Trinajstić information content (AvgIpc) is 2.61. The van der Waals surface area contributed by atoms with Crippen LogP contribution in [0.2, 0.25) is 0 Å². The number of carbonyl (C=O) groups is 2. The monoisotopic (exact) mass is 228 g/mol. The molecule has 1 amide bonds. The molecule has 0 aromatic rings. The molecule has 0 bridgehead atoms. The highest BCUT2D eigenvalue weighted by Gasteiger charge is 2.42. The van der Waals surface area contributed by atoms with Gasteiger partial charge in [0, 0.05) is 13.1 Å². The van der Waals surface area contributed by atoms with Crippen LogP contribution in [0.1, 0.15) is 33.1 Å². The zero-order valence-corrected chi connectivity index (χ0v) is 9.90. The molecule has 0 aromatic carbocycles. The van der Waals surface area contributed by atoms with Gasteiger partial charge >= 0.3 is 5.97 Å². The maximum atomic E-state index is 11.9. The third kappa shape index (κ3) is 2.52. The second kappa shape index (κ2) is 4.82. The summed E-state index contributed by atoms with van der Waals surface area (Å²) in [5, 5.41) is 9.04. The Labute approximate surface area is 95.6 Å². The number of carbonyl (C=O) groups excluding carboxylic acids is 1. The van der Waals surface area contributed by atoms with E-state index in [2.05, 4.69) is 0 Å². The van der Waals surface area contributed by atoms with Crippen molar-refractivity contribution in [1.29, 1.82) is 0 Å². The fraction of sp³-hybridized carbons (Fsp3) is 0.818. The normalized spacial score (nSPS) is 26.8. The molecule has 1 rings (SSSR count). The summed E-state index contributed by atoms with van der Waals surface area (Å²) < 4.78 is 0. The lowest BCUT2D eigenvalue weighted by atomic mass is 9.90. The number of carboxylic acids is 1. The van der Waals surface area contributed by atoms with Crippen molar-refractivity contribution in [2.24, 2.45) is 11.1 Å². The molecule has 92 valence electrons. The first-order valence-corrected chi connectivity index (χ1v) is 5.68. The molecular formula is C11H20N2O3. The lowest BCUT2D eigenvalue weighted by Crippen LogP contribution is -2.44. The zero-order valence-electron chi connectivity index (χ0n) is 9.90. The molecule has 5 heteroatoms. The molecule has 0 aromatic heterocycles. The van der Waals surface area contributed by atoms with Crippen LogP contribution in [0.4, 0.5) is 0 Å². The summed E-state index contributed by atoms with van der Waals surface area (Å²) in [5.74, 6) is -0.960. The second-order valence-electron chi connectivity index (χ2n) is 4.77. The van der Waals surface area contributed by atoms with Gasteiger partial charge in [0.2, 0.25) is 5.91 Å². The van der Waals surface area contributed by atoms with Crippen LogP contribution in [0.15, 0.2) is 0 Å². The zero-order chi connectivity index (χ0) is 12.3. The molecule has 2 atom stereocenters. The number of nitrogens with two attached hydrogens (primary N) is 1. The Hall–Kier alpha value is -1.10. The van der Waals surface area contributed by atoms with E-state index in [-0.39, 0.29) is 12.5 Å². The third-order valence-electron chi connectivity index (χ3n) is 3.22. The van der Waals surface area contributed by atoms with Crippen LogP contribution in [-0.2, 0) is 9.59 Å². The van der Waals surface area contributed by atoms with Crippen LogP contribution in [0.25, 0.3) is 0 Å². The van der Waals surface area contributed by atoms with Gasteiger partial charge in [-0.1, -0.05) is 13.3 Å². The SMILES string of the molecule is CCC[C@@H](N)C(=O)N1CCC(C)(C(=O)O)C1. The molecule has 0 radical (unpaired) electrons. The number of hydrogen-bond donors (Lipinski definition) is 2. The molecule has 1 aliphatic heterocycles. The highest BCUT2D eigenvalue weighted by Crippen LogP contribution is 2.30. The quantitative estimate of drug-likeness (QED) is 0.731. The summed E-state index contributed by atoms with van der Waals surface area (Å²) in [6.45, 7) is 4.42. The predicted molar refractivity (Wildman–Crippen MR) is 59.8 cm³/mol. The van der Waals surface area contributed by atoms with Gasteiger partial charge < -0.3 is 15.7 Å². The number of amides is 1. The van der Waals surface area contributed by atoms with Crippen molar-refractivity contribution in [3.8, 4) is 0 Å². The Bertz CT molecular complexity index is 293. The maximum Gasteiger partial charge on any atom is 0.311 e. The van der Waals surface area contributed by atoms with E-state index in [9.17, 15) is 9.59 Å². The Balaban J connectivity index is 2.59. The number of nitrogens with zero attached hydrogens (tertiary/aromatic N) is 1. The fourth-order valence-electron chi connectivity index (χ4n) is 1.99. The van der Waals surface area contributed by atoms with Gasteiger partial charge in [-0.05, 0) is 19.8 Å². The van der Waals surface area contributed by atoms with E-state index >= 15 is 0 Å². The Kier molecular flexibility index (Phi) is 3.91. The summed E-state index contributed by atoms with van der Waals surface area (Å²) in [6.07, 6.45) is 2.02. The van der Waals surface area contributed by atoms with Crippen molar-refractivity contribution in [3.63, 3.8) is 0 Å². The van der Waals surface area contributed by atoms with Crippen molar-refractivity contribution < 1.29 is 14.7 Å². The van der Waals surface area contributed by atoms with Crippen molar-refractivity contribution in [3.05, 3.63) is 0 Å². The minimum Gasteiger partial charge on any atom is -0.481 e. The van der Waals surface area contributed by atoms with Gasteiger partial charge in [-0.25, -0.2) is 0 Å². The Morgan fingerprint density at radius 2 is 2.19 bits per heavy atom. The van der Waals surface area contributed by atoms with E-state index in [1.54, 1.807) is 11.8 Å². The van der Waals surface area contributed by atoms with E-state index in [1.165, 1.54) is 0 Å². The topological polar surface area (TPSA) is 83.6 Å². The largest absolute Gasteiger partial charge is 0.481 e. The predicted octanol–water partition coefficient (Wildman–Crippen LogP) is 0.437. The van der Waals surface area contributed by atoms with Crippen LogP contribution >= 0.6 is 0 Å². The van der Waals surface area contributed by atoms with Crippen LogP contribution < -0.4 is 5.73 Å². The van der Waals surface area contributed by atoms with Crippen LogP contribution in [0, 0.1) is 5.41 Å². The molecule has 1 saturated heterocycles. The summed E-state index contributed by atoms with van der Waals surface area (Å²) in [5.41, 5.74) is 4.93. The Morgan fingerprint density at radius 1 is 1.56 bits per heavy atom. The summed E-state index contributed by atoms with van der Waals surface area (Å²) in [7, 11) is 0. The van der Waals surface area contributed by atoms with Gasteiger partial charge in [0.1, 0.15) is 0 Å². The lowest BCUT2D eigenvalue weighted by Gasteiger charge is -2.22. The molecular weight excluding hydrogens is 208 g/mol. The highest BCUT2D eigenvalue weighted by atomic mass is 16.4. The first kappa shape index (κ1) is 13.0. The van der Waals surface area contributed by atoms with Crippen molar-refractivity contribution >= 4 is 11.9 Å². The van der Waals surface area contributed by atoms with E-state index < -0.39 is 17.4 Å². The van der Waals surface area contributed by atoms with Crippen LogP contribution in [0.5, 0.6) is 0 Å². The first-order valence-electron chi connectivity index (χ1n) is 5.68. The minimum absolute atomic E-state index is 0.119. The minimum atomic E-state index is -0.841. The van der Waals surface area contributed by atoms with Gasteiger partial charge in [-0.3, -0.25) is 9.59 Å². The van der Waals surface area contributed by atoms with E-state index in [0.29, 0.717) is 19.4 Å².